The fraction of sp³-hybridized carbons (Fsp3) is 0.471. The molecule has 0 fully saturated rings. The van der Waals surface area contributed by atoms with E-state index in [0.717, 1.165) is 37.7 Å². The summed E-state index contributed by atoms with van der Waals surface area (Å²) in [4.78, 5) is 10.9. The predicted octanol–water partition coefficient (Wildman–Crippen LogP) is 2.99. The zero-order valence-electron chi connectivity index (χ0n) is 13.1. The maximum Gasteiger partial charge on any atom is 0.330 e. The second kappa shape index (κ2) is 11.6. The Morgan fingerprint density at radius 3 is 2.41 bits per heavy atom. The molecule has 0 bridgehead atoms. The van der Waals surface area contributed by atoms with Crippen molar-refractivity contribution in [3.8, 4) is 11.5 Å². The minimum absolute atomic E-state index is 0.190. The number of carbonyl (C=O) groups is 1. The smallest absolute Gasteiger partial charge is 0.330 e. The molecular weight excluding hydrogens is 284 g/mol. The monoisotopic (exact) mass is 308 g/mol. The normalized spacial score (nSPS) is 10.0. The Bertz CT molecular complexity index is 444. The molecule has 1 aromatic rings. The van der Waals surface area contributed by atoms with Crippen LogP contribution in [0.15, 0.2) is 36.9 Å². The number of rotatable bonds is 12. The van der Waals surface area contributed by atoms with Crippen LogP contribution in [0.3, 0.4) is 0 Å². The van der Waals surface area contributed by atoms with E-state index in [1.807, 2.05) is 24.3 Å². The van der Waals surface area contributed by atoms with Gasteiger partial charge in [0.1, 0.15) is 24.7 Å². The van der Waals surface area contributed by atoms with Gasteiger partial charge in [-0.1, -0.05) is 12.6 Å². The third-order valence-electron chi connectivity index (χ3n) is 2.83. The van der Waals surface area contributed by atoms with Crippen molar-refractivity contribution in [1.82, 2.24) is 0 Å². The van der Waals surface area contributed by atoms with E-state index >= 15 is 0 Å². The first-order valence-corrected chi connectivity index (χ1v) is 7.40. The van der Waals surface area contributed by atoms with Gasteiger partial charge in [0.05, 0.1) is 6.61 Å². The van der Waals surface area contributed by atoms with Crippen molar-refractivity contribution in [2.24, 2.45) is 0 Å². The van der Waals surface area contributed by atoms with Gasteiger partial charge in [0.15, 0.2) is 0 Å². The number of hydrogen-bond acceptors (Lipinski definition) is 5. The zero-order valence-corrected chi connectivity index (χ0v) is 13.1. The van der Waals surface area contributed by atoms with Gasteiger partial charge in [0, 0.05) is 25.9 Å². The van der Waals surface area contributed by atoms with Crippen LogP contribution in [0.2, 0.25) is 0 Å². The quantitative estimate of drug-likeness (QED) is 0.337. The summed E-state index contributed by atoms with van der Waals surface area (Å²) in [5.74, 6) is 1.01. The van der Waals surface area contributed by atoms with E-state index in [1.54, 1.807) is 7.11 Å². The van der Waals surface area contributed by atoms with Crippen LogP contribution in [0.4, 0.5) is 0 Å². The van der Waals surface area contributed by atoms with Gasteiger partial charge in [-0.3, -0.25) is 0 Å². The van der Waals surface area contributed by atoms with Crippen LogP contribution in [0.5, 0.6) is 11.5 Å². The van der Waals surface area contributed by atoms with Crippen molar-refractivity contribution < 1.29 is 23.7 Å². The molecule has 0 aliphatic rings. The Labute approximate surface area is 131 Å². The zero-order chi connectivity index (χ0) is 16.0. The van der Waals surface area contributed by atoms with Gasteiger partial charge >= 0.3 is 5.97 Å². The number of unbranched alkanes of at least 4 members (excludes halogenated alkanes) is 2. The van der Waals surface area contributed by atoms with E-state index in [-0.39, 0.29) is 6.61 Å². The summed E-state index contributed by atoms with van der Waals surface area (Å²) in [5, 5.41) is 0. The maximum absolute atomic E-state index is 10.9. The Hall–Kier alpha value is -2.01. The molecule has 1 aromatic carbocycles. The molecule has 122 valence electrons. The van der Waals surface area contributed by atoms with Crippen molar-refractivity contribution in [2.75, 3.05) is 33.5 Å². The van der Waals surface area contributed by atoms with Crippen LogP contribution < -0.4 is 9.47 Å². The van der Waals surface area contributed by atoms with Gasteiger partial charge in [-0.05, 0) is 31.4 Å². The SMILES string of the molecule is C=CC(=O)OCCOc1cccc(OCCCCCOC)c1. The second-order valence-corrected chi connectivity index (χ2v) is 4.60. The molecule has 0 aliphatic carbocycles. The highest BCUT2D eigenvalue weighted by atomic mass is 16.6. The van der Waals surface area contributed by atoms with Gasteiger partial charge in [-0.2, -0.15) is 0 Å². The number of ether oxygens (including phenoxy) is 4. The van der Waals surface area contributed by atoms with E-state index < -0.39 is 5.97 Å². The van der Waals surface area contributed by atoms with E-state index in [0.29, 0.717) is 19.0 Å². The summed E-state index contributed by atoms with van der Waals surface area (Å²) >= 11 is 0. The summed E-state index contributed by atoms with van der Waals surface area (Å²) in [6.45, 7) is 5.27. The number of hydrogen-bond donors (Lipinski definition) is 0. The average Bonchev–Trinajstić information content (AvgIpc) is 2.55. The molecular formula is C17H24O5. The second-order valence-electron chi connectivity index (χ2n) is 4.60. The molecule has 0 amide bonds. The highest BCUT2D eigenvalue weighted by molar-refractivity contribution is 5.81. The molecule has 5 heteroatoms. The molecule has 5 nitrogen and oxygen atoms in total. The first-order valence-electron chi connectivity index (χ1n) is 7.40. The van der Waals surface area contributed by atoms with Crippen molar-refractivity contribution >= 4 is 5.97 Å². The number of esters is 1. The molecule has 0 aromatic heterocycles. The largest absolute Gasteiger partial charge is 0.493 e. The Morgan fingerprint density at radius 1 is 1.05 bits per heavy atom. The molecule has 0 saturated carbocycles. The van der Waals surface area contributed by atoms with E-state index in [2.05, 4.69) is 6.58 Å². The van der Waals surface area contributed by atoms with Crippen LogP contribution in [0.25, 0.3) is 0 Å². The Morgan fingerprint density at radius 2 is 1.73 bits per heavy atom. The predicted molar refractivity (Wildman–Crippen MR) is 84.3 cm³/mol. The lowest BCUT2D eigenvalue weighted by Gasteiger charge is -2.09. The molecule has 0 heterocycles. The van der Waals surface area contributed by atoms with Crippen molar-refractivity contribution in [1.29, 1.82) is 0 Å². The minimum atomic E-state index is -0.450. The molecule has 0 saturated heterocycles. The first kappa shape index (κ1) is 18.0. The molecule has 0 radical (unpaired) electrons. The molecule has 1 rings (SSSR count). The maximum atomic E-state index is 10.9. The van der Waals surface area contributed by atoms with Crippen molar-refractivity contribution in [3.05, 3.63) is 36.9 Å². The standard InChI is InChI=1S/C17H24O5/c1-3-17(18)22-13-12-21-16-9-7-8-15(14-16)20-11-6-4-5-10-19-2/h3,7-9,14H,1,4-6,10-13H2,2H3. The lowest BCUT2D eigenvalue weighted by Crippen LogP contribution is -2.10. The summed E-state index contributed by atoms with van der Waals surface area (Å²) in [5.41, 5.74) is 0. The van der Waals surface area contributed by atoms with E-state index in [9.17, 15) is 4.79 Å². The molecule has 0 N–H and O–H groups in total. The van der Waals surface area contributed by atoms with Gasteiger partial charge < -0.3 is 18.9 Å². The van der Waals surface area contributed by atoms with Crippen LogP contribution in [0, 0.1) is 0 Å². The molecule has 0 unspecified atom stereocenters. The topological polar surface area (TPSA) is 54.0 Å². The van der Waals surface area contributed by atoms with Crippen LogP contribution in [0.1, 0.15) is 19.3 Å². The first-order chi connectivity index (χ1) is 10.8. The fourth-order valence-electron chi connectivity index (χ4n) is 1.73. The van der Waals surface area contributed by atoms with Gasteiger partial charge in [-0.15, -0.1) is 0 Å². The minimum Gasteiger partial charge on any atom is -0.493 e. The highest BCUT2D eigenvalue weighted by Crippen LogP contribution is 2.19. The summed E-state index contributed by atoms with van der Waals surface area (Å²) in [7, 11) is 1.71. The number of carbonyl (C=O) groups excluding carboxylic acids is 1. The van der Waals surface area contributed by atoms with Gasteiger partial charge in [0.25, 0.3) is 0 Å². The molecule has 22 heavy (non-hydrogen) atoms. The van der Waals surface area contributed by atoms with Crippen molar-refractivity contribution in [3.63, 3.8) is 0 Å². The number of methoxy groups -OCH3 is 1. The fourth-order valence-corrected chi connectivity index (χ4v) is 1.73. The lowest BCUT2D eigenvalue weighted by molar-refractivity contribution is -0.138. The third-order valence-corrected chi connectivity index (χ3v) is 2.83. The molecule has 0 spiro atoms. The summed E-state index contributed by atoms with van der Waals surface area (Å²) in [6.07, 6.45) is 4.25. The van der Waals surface area contributed by atoms with Crippen LogP contribution >= 0.6 is 0 Å². The van der Waals surface area contributed by atoms with Crippen molar-refractivity contribution in [2.45, 2.75) is 19.3 Å². The van der Waals surface area contributed by atoms with Crippen LogP contribution in [-0.2, 0) is 14.3 Å². The lowest BCUT2D eigenvalue weighted by atomic mass is 10.2. The summed E-state index contributed by atoms with van der Waals surface area (Å²) < 4.78 is 21.0. The van der Waals surface area contributed by atoms with Crippen LogP contribution in [-0.4, -0.2) is 39.5 Å². The molecule has 0 atom stereocenters. The Balaban J connectivity index is 2.21. The van der Waals surface area contributed by atoms with E-state index in [1.165, 1.54) is 0 Å². The van der Waals surface area contributed by atoms with Gasteiger partial charge in [-0.25, -0.2) is 4.79 Å². The number of benzene rings is 1. The summed E-state index contributed by atoms with van der Waals surface area (Å²) in [6, 6.07) is 7.41. The Kier molecular flexibility index (Phi) is 9.54. The third kappa shape index (κ3) is 8.32. The average molecular weight is 308 g/mol. The van der Waals surface area contributed by atoms with Gasteiger partial charge in [0.2, 0.25) is 0 Å². The molecule has 0 aliphatic heterocycles. The highest BCUT2D eigenvalue weighted by Gasteiger charge is 2.00. The van der Waals surface area contributed by atoms with E-state index in [4.69, 9.17) is 18.9 Å².